The lowest BCUT2D eigenvalue weighted by molar-refractivity contribution is -0.139. The minimum atomic E-state index is -0.750. The third-order valence-corrected chi connectivity index (χ3v) is 4.21. The first-order chi connectivity index (χ1) is 8.59. The van der Waals surface area contributed by atoms with E-state index >= 15 is 0 Å². The van der Waals surface area contributed by atoms with Crippen LogP contribution in [-0.4, -0.2) is 17.1 Å². The second-order valence-corrected chi connectivity index (χ2v) is 5.30. The molecule has 18 heavy (non-hydrogen) atoms. The Balaban J connectivity index is 2.17. The molecule has 0 saturated carbocycles. The summed E-state index contributed by atoms with van der Waals surface area (Å²) < 4.78 is 0. The molecule has 0 aromatic heterocycles. The Morgan fingerprint density at radius 2 is 2.06 bits per heavy atom. The van der Waals surface area contributed by atoms with Crippen molar-refractivity contribution in [2.45, 2.75) is 32.2 Å². The highest BCUT2D eigenvalue weighted by Crippen LogP contribution is 2.46. The smallest absolute Gasteiger partial charge is 0.326 e. The maximum absolute atomic E-state index is 11.4. The van der Waals surface area contributed by atoms with Gasteiger partial charge in [0.15, 0.2) is 0 Å². The molecule has 1 aliphatic heterocycles. The average Bonchev–Trinajstić information content (AvgIpc) is 2.81. The van der Waals surface area contributed by atoms with Crippen molar-refractivity contribution >= 4 is 11.7 Å². The molecule has 94 valence electrons. The molecule has 3 heteroatoms. The Kier molecular flexibility index (Phi) is 2.44. The third-order valence-electron chi connectivity index (χ3n) is 4.21. The third kappa shape index (κ3) is 1.47. The van der Waals surface area contributed by atoms with E-state index in [1.165, 1.54) is 11.1 Å². The topological polar surface area (TPSA) is 49.3 Å². The van der Waals surface area contributed by atoms with Gasteiger partial charge in [0.1, 0.15) is 6.04 Å². The zero-order valence-corrected chi connectivity index (χ0v) is 10.6. The highest BCUT2D eigenvalue weighted by molar-refractivity contribution is 5.81. The summed E-state index contributed by atoms with van der Waals surface area (Å²) in [4.78, 5) is 11.4. The summed E-state index contributed by atoms with van der Waals surface area (Å²) >= 11 is 0. The highest BCUT2D eigenvalue weighted by Gasteiger charge is 2.41. The van der Waals surface area contributed by atoms with Crippen molar-refractivity contribution < 1.29 is 9.90 Å². The van der Waals surface area contributed by atoms with Gasteiger partial charge in [-0.1, -0.05) is 24.3 Å². The van der Waals surface area contributed by atoms with Gasteiger partial charge in [0.25, 0.3) is 0 Å². The minimum absolute atomic E-state index is 0.149. The van der Waals surface area contributed by atoms with Crippen LogP contribution in [0.2, 0.25) is 0 Å². The molecular weight excluding hydrogens is 226 g/mol. The number of hydrogen-bond donors (Lipinski definition) is 2. The second kappa shape index (κ2) is 3.87. The average molecular weight is 243 g/mol. The molecule has 3 rings (SSSR count). The quantitative estimate of drug-likeness (QED) is 0.746. The van der Waals surface area contributed by atoms with Gasteiger partial charge in [-0.15, -0.1) is 0 Å². The van der Waals surface area contributed by atoms with Crippen LogP contribution in [0.5, 0.6) is 0 Å². The van der Waals surface area contributed by atoms with Crippen molar-refractivity contribution in [3.05, 3.63) is 41.0 Å². The van der Waals surface area contributed by atoms with Gasteiger partial charge in [-0.2, -0.15) is 0 Å². The number of fused-ring (bicyclic) bond motifs is 3. The van der Waals surface area contributed by atoms with Crippen molar-refractivity contribution in [3.63, 3.8) is 0 Å². The Labute approximate surface area is 107 Å². The molecular formula is C15H17NO2. The lowest BCUT2D eigenvalue weighted by atomic mass is 9.77. The van der Waals surface area contributed by atoms with Crippen LogP contribution in [0.3, 0.4) is 0 Å². The lowest BCUT2D eigenvalue weighted by Gasteiger charge is -2.36. The van der Waals surface area contributed by atoms with Crippen molar-refractivity contribution in [2.75, 3.05) is 5.32 Å². The first kappa shape index (κ1) is 11.3. The van der Waals surface area contributed by atoms with Gasteiger partial charge in [-0.3, -0.25) is 0 Å². The van der Waals surface area contributed by atoms with E-state index in [4.69, 9.17) is 0 Å². The number of carbonyl (C=O) groups is 1. The van der Waals surface area contributed by atoms with Gasteiger partial charge >= 0.3 is 5.97 Å². The number of anilines is 1. The molecule has 0 spiro atoms. The molecule has 0 unspecified atom stereocenters. The summed E-state index contributed by atoms with van der Waals surface area (Å²) in [6.45, 7) is 4.13. The zero-order chi connectivity index (χ0) is 12.9. The van der Waals surface area contributed by atoms with Gasteiger partial charge in [-0.05, 0) is 37.0 Å². The fourth-order valence-corrected chi connectivity index (χ4v) is 3.29. The lowest BCUT2D eigenvalue weighted by Crippen LogP contribution is -2.42. The summed E-state index contributed by atoms with van der Waals surface area (Å²) in [6, 6.07) is 3.71. The first-order valence-corrected chi connectivity index (χ1v) is 6.35. The summed E-state index contributed by atoms with van der Waals surface area (Å²) in [6.07, 6.45) is 5.14. The molecule has 1 heterocycles. The van der Waals surface area contributed by atoms with Gasteiger partial charge in [-0.25, -0.2) is 4.79 Å². The van der Waals surface area contributed by atoms with E-state index < -0.39 is 12.0 Å². The van der Waals surface area contributed by atoms with Crippen LogP contribution in [0.1, 0.15) is 29.0 Å². The summed E-state index contributed by atoms with van der Waals surface area (Å²) in [5.74, 6) is -0.349. The van der Waals surface area contributed by atoms with Gasteiger partial charge in [0.05, 0.1) is 0 Å². The Morgan fingerprint density at radius 1 is 1.33 bits per heavy atom. The van der Waals surface area contributed by atoms with Crippen LogP contribution >= 0.6 is 0 Å². The number of carboxylic acids is 1. The number of hydrogen-bond acceptors (Lipinski definition) is 2. The monoisotopic (exact) mass is 243 g/mol. The molecule has 1 aromatic rings. The molecule has 1 aliphatic carbocycles. The van der Waals surface area contributed by atoms with Crippen molar-refractivity contribution in [2.24, 2.45) is 5.92 Å². The molecule has 0 radical (unpaired) electrons. The van der Waals surface area contributed by atoms with Crippen LogP contribution in [0.25, 0.3) is 0 Å². The molecule has 0 fully saturated rings. The standard InChI is InChI=1S/C15H17NO2/c1-8-6-7-9(2)13-12(8)10-4-3-5-11(10)14(16-13)15(17)18/h3-4,6-7,10-11,14,16H,5H2,1-2H3,(H,17,18)/t10-,11-,14+/m0/s1. The summed E-state index contributed by atoms with van der Waals surface area (Å²) in [5.41, 5.74) is 4.68. The molecule has 2 aliphatic rings. The fourth-order valence-electron chi connectivity index (χ4n) is 3.29. The second-order valence-electron chi connectivity index (χ2n) is 5.30. The molecule has 0 saturated heterocycles. The SMILES string of the molecule is Cc1ccc(C)c2c1N[C@@H](C(=O)O)[C@H]1CC=C[C@H]21. The van der Waals surface area contributed by atoms with Gasteiger partial charge in [0.2, 0.25) is 0 Å². The Bertz CT molecular complexity index is 548. The van der Waals surface area contributed by atoms with Crippen molar-refractivity contribution in [3.8, 4) is 0 Å². The normalized spacial score (nSPS) is 28.4. The van der Waals surface area contributed by atoms with Crippen LogP contribution in [0.15, 0.2) is 24.3 Å². The predicted octanol–water partition coefficient (Wildman–Crippen LogP) is 2.84. The van der Waals surface area contributed by atoms with Gasteiger partial charge < -0.3 is 10.4 Å². The number of rotatable bonds is 1. The maximum atomic E-state index is 11.4. The minimum Gasteiger partial charge on any atom is -0.480 e. The number of allylic oxidation sites excluding steroid dienone is 2. The number of benzene rings is 1. The van der Waals surface area contributed by atoms with Crippen LogP contribution in [0, 0.1) is 19.8 Å². The Morgan fingerprint density at radius 3 is 2.78 bits per heavy atom. The molecule has 3 nitrogen and oxygen atoms in total. The number of carboxylic acid groups (broad SMARTS) is 1. The molecule has 1 aromatic carbocycles. The van der Waals surface area contributed by atoms with E-state index in [-0.39, 0.29) is 11.8 Å². The Hall–Kier alpha value is -1.77. The van der Waals surface area contributed by atoms with E-state index in [9.17, 15) is 9.90 Å². The van der Waals surface area contributed by atoms with E-state index in [2.05, 4.69) is 36.5 Å². The summed E-state index contributed by atoms with van der Waals surface area (Å²) in [5, 5.41) is 12.6. The van der Waals surface area contributed by atoms with Crippen molar-refractivity contribution in [1.29, 1.82) is 0 Å². The highest BCUT2D eigenvalue weighted by atomic mass is 16.4. The van der Waals surface area contributed by atoms with E-state index in [1.807, 2.05) is 6.92 Å². The summed E-state index contributed by atoms with van der Waals surface area (Å²) in [7, 11) is 0. The fraction of sp³-hybridized carbons (Fsp3) is 0.400. The number of nitrogens with one attached hydrogen (secondary N) is 1. The van der Waals surface area contributed by atoms with Crippen LogP contribution in [-0.2, 0) is 4.79 Å². The first-order valence-electron chi connectivity index (χ1n) is 6.35. The maximum Gasteiger partial charge on any atom is 0.326 e. The van der Waals surface area contributed by atoms with E-state index in [0.29, 0.717) is 0 Å². The number of aryl methyl sites for hydroxylation is 2. The van der Waals surface area contributed by atoms with E-state index in [0.717, 1.165) is 17.7 Å². The van der Waals surface area contributed by atoms with E-state index in [1.54, 1.807) is 0 Å². The van der Waals surface area contributed by atoms with Crippen molar-refractivity contribution in [1.82, 2.24) is 0 Å². The molecule has 2 N–H and O–H groups in total. The zero-order valence-electron chi connectivity index (χ0n) is 10.6. The number of aliphatic carboxylic acids is 1. The van der Waals surface area contributed by atoms with Crippen LogP contribution < -0.4 is 5.32 Å². The predicted molar refractivity (Wildman–Crippen MR) is 71.0 cm³/mol. The molecule has 0 bridgehead atoms. The van der Waals surface area contributed by atoms with Gasteiger partial charge in [0, 0.05) is 17.5 Å². The molecule has 3 atom stereocenters. The largest absolute Gasteiger partial charge is 0.480 e. The van der Waals surface area contributed by atoms with Crippen LogP contribution in [0.4, 0.5) is 5.69 Å². The molecule has 0 amide bonds.